The van der Waals surface area contributed by atoms with Gasteiger partial charge in [-0.25, -0.2) is 0 Å². The van der Waals surface area contributed by atoms with Crippen molar-refractivity contribution < 1.29 is 9.53 Å². The number of carbonyl (C=O) groups is 1. The monoisotopic (exact) mass is 245 g/mol. The lowest BCUT2D eigenvalue weighted by Crippen LogP contribution is -2.29. The molecule has 0 aliphatic rings. The zero-order valence-corrected chi connectivity index (χ0v) is 10.2. The third-order valence-corrected chi connectivity index (χ3v) is 2.45. The molecule has 0 radical (unpaired) electrons. The summed E-state index contributed by atoms with van der Waals surface area (Å²) in [4.78, 5) is 11.4. The number of nitrogens with one attached hydrogen (secondary N) is 1. The average molecular weight is 245 g/mol. The smallest absolute Gasteiger partial charge is 0.258 e. The SMILES string of the molecule is CCCNC(=O)COc1nncc2ccccc12. The first kappa shape index (κ1) is 12.3. The van der Waals surface area contributed by atoms with Gasteiger partial charge in [-0.05, 0) is 12.5 Å². The van der Waals surface area contributed by atoms with Crippen LogP contribution in [0.2, 0.25) is 0 Å². The number of fused-ring (bicyclic) bond motifs is 1. The number of amides is 1. The standard InChI is InChI=1S/C13H15N3O2/c1-2-7-14-12(17)9-18-13-11-6-4-3-5-10(11)8-15-16-13/h3-6,8H,2,7,9H2,1H3,(H,14,17). The van der Waals surface area contributed by atoms with E-state index < -0.39 is 0 Å². The van der Waals surface area contributed by atoms with Crippen molar-refractivity contribution in [3.63, 3.8) is 0 Å². The molecule has 1 N–H and O–H groups in total. The van der Waals surface area contributed by atoms with Crippen LogP contribution in [0.25, 0.3) is 10.8 Å². The Kier molecular flexibility index (Phi) is 4.06. The molecular weight excluding hydrogens is 230 g/mol. The van der Waals surface area contributed by atoms with E-state index in [1.165, 1.54) is 0 Å². The van der Waals surface area contributed by atoms with Gasteiger partial charge in [0.15, 0.2) is 6.61 Å². The molecule has 2 aromatic rings. The van der Waals surface area contributed by atoms with Crippen molar-refractivity contribution in [2.45, 2.75) is 13.3 Å². The molecule has 1 aromatic heterocycles. The normalized spacial score (nSPS) is 10.3. The van der Waals surface area contributed by atoms with Gasteiger partial charge in [-0.15, -0.1) is 5.10 Å². The highest BCUT2D eigenvalue weighted by Crippen LogP contribution is 2.20. The van der Waals surface area contributed by atoms with E-state index in [1.54, 1.807) is 6.20 Å². The second kappa shape index (κ2) is 5.95. The van der Waals surface area contributed by atoms with Gasteiger partial charge in [0.25, 0.3) is 5.91 Å². The Hall–Kier alpha value is -2.17. The summed E-state index contributed by atoms with van der Waals surface area (Å²) in [7, 11) is 0. The Balaban J connectivity index is 2.05. The van der Waals surface area contributed by atoms with Gasteiger partial charge in [-0.1, -0.05) is 25.1 Å². The number of nitrogens with zero attached hydrogens (tertiary/aromatic N) is 2. The van der Waals surface area contributed by atoms with Crippen molar-refractivity contribution in [1.82, 2.24) is 15.5 Å². The lowest BCUT2D eigenvalue weighted by molar-refractivity contribution is -0.123. The van der Waals surface area contributed by atoms with E-state index in [-0.39, 0.29) is 12.5 Å². The molecule has 0 atom stereocenters. The Morgan fingerprint density at radius 3 is 3.06 bits per heavy atom. The minimum atomic E-state index is -0.147. The van der Waals surface area contributed by atoms with Crippen molar-refractivity contribution >= 4 is 16.7 Å². The Labute approximate surface area is 105 Å². The molecule has 0 bridgehead atoms. The van der Waals surface area contributed by atoms with Crippen molar-refractivity contribution in [3.8, 4) is 5.88 Å². The predicted molar refractivity (Wildman–Crippen MR) is 68.3 cm³/mol. The van der Waals surface area contributed by atoms with Gasteiger partial charge in [-0.2, -0.15) is 5.10 Å². The number of aromatic nitrogens is 2. The van der Waals surface area contributed by atoms with E-state index in [4.69, 9.17) is 4.74 Å². The van der Waals surface area contributed by atoms with Crippen LogP contribution in [0.3, 0.4) is 0 Å². The second-order valence-corrected chi connectivity index (χ2v) is 3.88. The highest BCUT2D eigenvalue weighted by Gasteiger charge is 2.06. The van der Waals surface area contributed by atoms with Gasteiger partial charge in [0.05, 0.1) is 6.20 Å². The predicted octanol–water partition coefficient (Wildman–Crippen LogP) is 1.53. The maximum atomic E-state index is 11.4. The van der Waals surface area contributed by atoms with Crippen LogP contribution < -0.4 is 10.1 Å². The Morgan fingerprint density at radius 1 is 1.39 bits per heavy atom. The highest BCUT2D eigenvalue weighted by atomic mass is 16.5. The van der Waals surface area contributed by atoms with E-state index in [2.05, 4.69) is 15.5 Å². The number of benzene rings is 1. The molecule has 0 saturated carbocycles. The van der Waals surface area contributed by atoms with E-state index in [0.717, 1.165) is 17.2 Å². The third-order valence-electron chi connectivity index (χ3n) is 2.45. The Morgan fingerprint density at radius 2 is 2.22 bits per heavy atom. The quantitative estimate of drug-likeness (QED) is 0.867. The van der Waals surface area contributed by atoms with E-state index in [0.29, 0.717) is 12.4 Å². The van der Waals surface area contributed by atoms with Gasteiger partial charge in [0.2, 0.25) is 5.88 Å². The first-order chi connectivity index (χ1) is 8.81. The molecular formula is C13H15N3O2. The van der Waals surface area contributed by atoms with Crippen molar-refractivity contribution in [3.05, 3.63) is 30.5 Å². The summed E-state index contributed by atoms with van der Waals surface area (Å²) in [5.74, 6) is 0.242. The van der Waals surface area contributed by atoms with Gasteiger partial charge in [-0.3, -0.25) is 4.79 Å². The van der Waals surface area contributed by atoms with Crippen LogP contribution in [0.15, 0.2) is 30.5 Å². The molecule has 1 amide bonds. The van der Waals surface area contributed by atoms with Crippen LogP contribution in [0.1, 0.15) is 13.3 Å². The Bertz CT molecular complexity index is 537. The summed E-state index contributed by atoms with van der Waals surface area (Å²) in [6.07, 6.45) is 2.57. The van der Waals surface area contributed by atoms with Crippen LogP contribution in [0.5, 0.6) is 5.88 Å². The largest absolute Gasteiger partial charge is 0.466 e. The molecule has 0 spiro atoms. The number of hydrogen-bond donors (Lipinski definition) is 1. The van der Waals surface area contributed by atoms with Gasteiger partial charge < -0.3 is 10.1 Å². The van der Waals surface area contributed by atoms with Crippen molar-refractivity contribution in [2.24, 2.45) is 0 Å². The maximum absolute atomic E-state index is 11.4. The first-order valence-electron chi connectivity index (χ1n) is 5.91. The summed E-state index contributed by atoms with van der Waals surface area (Å²) in [6.45, 7) is 2.61. The van der Waals surface area contributed by atoms with E-state index in [1.807, 2.05) is 31.2 Å². The van der Waals surface area contributed by atoms with Crippen LogP contribution in [0, 0.1) is 0 Å². The fraction of sp³-hybridized carbons (Fsp3) is 0.308. The maximum Gasteiger partial charge on any atom is 0.258 e. The number of ether oxygens (including phenoxy) is 1. The number of carbonyl (C=O) groups excluding carboxylic acids is 1. The van der Waals surface area contributed by atoms with Crippen LogP contribution >= 0.6 is 0 Å². The number of hydrogen-bond acceptors (Lipinski definition) is 4. The van der Waals surface area contributed by atoms with Crippen molar-refractivity contribution in [1.29, 1.82) is 0 Å². The minimum absolute atomic E-state index is 0.0390. The molecule has 0 fully saturated rings. The molecule has 5 heteroatoms. The van der Waals surface area contributed by atoms with Gasteiger partial charge in [0.1, 0.15) is 0 Å². The molecule has 1 aromatic carbocycles. The zero-order chi connectivity index (χ0) is 12.8. The summed E-state index contributed by atoms with van der Waals surface area (Å²) in [6, 6.07) is 7.63. The fourth-order valence-corrected chi connectivity index (χ4v) is 1.56. The average Bonchev–Trinajstić information content (AvgIpc) is 2.42. The second-order valence-electron chi connectivity index (χ2n) is 3.88. The summed E-state index contributed by atoms with van der Waals surface area (Å²) in [5, 5.41) is 12.3. The third kappa shape index (κ3) is 2.94. The topological polar surface area (TPSA) is 64.1 Å². The molecule has 0 aliphatic heterocycles. The molecule has 94 valence electrons. The summed E-state index contributed by atoms with van der Waals surface area (Å²) >= 11 is 0. The molecule has 0 saturated heterocycles. The lowest BCUT2D eigenvalue weighted by Gasteiger charge is -2.07. The van der Waals surface area contributed by atoms with Crippen LogP contribution in [0.4, 0.5) is 0 Å². The van der Waals surface area contributed by atoms with Gasteiger partial charge in [0, 0.05) is 17.3 Å². The molecule has 2 rings (SSSR count). The van der Waals surface area contributed by atoms with E-state index in [9.17, 15) is 4.79 Å². The fourth-order valence-electron chi connectivity index (χ4n) is 1.56. The lowest BCUT2D eigenvalue weighted by atomic mass is 10.2. The zero-order valence-electron chi connectivity index (χ0n) is 10.2. The first-order valence-corrected chi connectivity index (χ1v) is 5.91. The van der Waals surface area contributed by atoms with Crippen LogP contribution in [-0.4, -0.2) is 29.3 Å². The van der Waals surface area contributed by atoms with Gasteiger partial charge >= 0.3 is 0 Å². The molecule has 5 nitrogen and oxygen atoms in total. The summed E-state index contributed by atoms with van der Waals surface area (Å²) < 4.78 is 5.39. The molecule has 0 aliphatic carbocycles. The highest BCUT2D eigenvalue weighted by molar-refractivity contribution is 5.86. The molecule has 0 unspecified atom stereocenters. The van der Waals surface area contributed by atoms with E-state index >= 15 is 0 Å². The minimum Gasteiger partial charge on any atom is -0.466 e. The number of rotatable bonds is 5. The summed E-state index contributed by atoms with van der Waals surface area (Å²) in [5.41, 5.74) is 0. The molecule has 1 heterocycles. The van der Waals surface area contributed by atoms with Crippen molar-refractivity contribution in [2.75, 3.05) is 13.2 Å². The van der Waals surface area contributed by atoms with Crippen LogP contribution in [-0.2, 0) is 4.79 Å². The molecule has 18 heavy (non-hydrogen) atoms.